The van der Waals surface area contributed by atoms with Crippen LogP contribution in [0.25, 0.3) is 0 Å². The van der Waals surface area contributed by atoms with Crippen LogP contribution < -0.4 is 5.32 Å². The SMILES string of the molecule is CCCCCCCCCCN1C(=O)c2ccccc2NC(=O)[C@@H]1CCCCCC. The number of hydrogen-bond donors (Lipinski definition) is 1. The average molecular weight is 401 g/mol. The maximum Gasteiger partial charge on any atom is 0.256 e. The molecule has 0 bridgehead atoms. The molecule has 0 saturated heterocycles. The van der Waals surface area contributed by atoms with Gasteiger partial charge in [-0.05, 0) is 25.0 Å². The van der Waals surface area contributed by atoms with Gasteiger partial charge in [0.25, 0.3) is 5.91 Å². The fraction of sp³-hybridized carbons (Fsp3) is 0.680. The van der Waals surface area contributed by atoms with E-state index in [0.717, 1.165) is 32.1 Å². The van der Waals surface area contributed by atoms with Gasteiger partial charge >= 0.3 is 0 Å². The lowest BCUT2D eigenvalue weighted by Crippen LogP contribution is -2.45. The van der Waals surface area contributed by atoms with Crippen LogP contribution >= 0.6 is 0 Å². The van der Waals surface area contributed by atoms with E-state index in [1.807, 2.05) is 29.2 Å². The summed E-state index contributed by atoms with van der Waals surface area (Å²) in [5, 5.41) is 3.00. The standard InChI is InChI=1S/C25H40N2O2/c1-3-5-7-9-10-11-12-16-20-27-23(19-13-8-6-4-2)24(28)26-22-18-15-14-17-21(22)25(27)29/h14-15,17-18,23H,3-13,16,19-20H2,1-2H3,(H,26,28)/t23-/m0/s1. The van der Waals surface area contributed by atoms with Crippen molar-refractivity contribution in [1.82, 2.24) is 4.90 Å². The molecule has 0 aromatic heterocycles. The lowest BCUT2D eigenvalue weighted by molar-refractivity contribution is -0.120. The van der Waals surface area contributed by atoms with E-state index in [-0.39, 0.29) is 17.9 Å². The molecule has 0 fully saturated rings. The molecule has 0 radical (unpaired) electrons. The van der Waals surface area contributed by atoms with Crippen LogP contribution in [0.15, 0.2) is 24.3 Å². The quantitative estimate of drug-likeness (QED) is 0.359. The van der Waals surface area contributed by atoms with Gasteiger partial charge in [-0.3, -0.25) is 9.59 Å². The lowest BCUT2D eigenvalue weighted by Gasteiger charge is -2.29. The first kappa shape index (κ1) is 23.4. The van der Waals surface area contributed by atoms with Gasteiger partial charge < -0.3 is 10.2 Å². The summed E-state index contributed by atoms with van der Waals surface area (Å²) in [6.07, 6.45) is 15.1. The second-order valence-corrected chi connectivity index (χ2v) is 8.37. The van der Waals surface area contributed by atoms with Crippen LogP contribution in [0, 0.1) is 0 Å². The molecule has 0 aliphatic carbocycles. The molecule has 2 rings (SSSR count). The highest BCUT2D eigenvalue weighted by atomic mass is 16.2. The van der Waals surface area contributed by atoms with E-state index in [4.69, 9.17) is 0 Å². The fourth-order valence-corrected chi connectivity index (χ4v) is 4.16. The number of anilines is 1. The largest absolute Gasteiger partial charge is 0.327 e. The van der Waals surface area contributed by atoms with Crippen LogP contribution in [-0.2, 0) is 4.79 Å². The normalized spacial score (nSPS) is 16.5. The van der Waals surface area contributed by atoms with Crippen LogP contribution in [-0.4, -0.2) is 29.3 Å². The Hall–Kier alpha value is -1.84. The number of rotatable bonds is 14. The Morgan fingerprint density at radius 1 is 0.793 bits per heavy atom. The Labute approximate surface area is 177 Å². The minimum Gasteiger partial charge on any atom is -0.327 e. The highest BCUT2D eigenvalue weighted by Crippen LogP contribution is 2.26. The number of amides is 2. The van der Waals surface area contributed by atoms with Gasteiger partial charge in [-0.25, -0.2) is 0 Å². The zero-order valence-corrected chi connectivity index (χ0v) is 18.5. The van der Waals surface area contributed by atoms with Crippen molar-refractivity contribution >= 4 is 17.5 Å². The Balaban J connectivity index is 1.96. The molecule has 1 N–H and O–H groups in total. The second kappa shape index (κ2) is 13.4. The number of carbonyl (C=O) groups excluding carboxylic acids is 2. The van der Waals surface area contributed by atoms with Crippen molar-refractivity contribution in [3.05, 3.63) is 29.8 Å². The maximum absolute atomic E-state index is 13.3. The third-order valence-electron chi connectivity index (χ3n) is 5.94. The van der Waals surface area contributed by atoms with Crippen LogP contribution in [0.1, 0.15) is 108 Å². The molecule has 1 aromatic carbocycles. The van der Waals surface area contributed by atoms with Gasteiger partial charge in [0.2, 0.25) is 5.91 Å². The highest BCUT2D eigenvalue weighted by Gasteiger charge is 2.34. The summed E-state index contributed by atoms with van der Waals surface area (Å²) >= 11 is 0. The first-order valence-corrected chi connectivity index (χ1v) is 11.9. The number of carbonyl (C=O) groups is 2. The summed E-state index contributed by atoms with van der Waals surface area (Å²) in [6, 6.07) is 7.06. The van der Waals surface area contributed by atoms with Crippen LogP contribution in [0.5, 0.6) is 0 Å². The molecule has 1 heterocycles. The molecule has 1 aliphatic rings. The van der Waals surface area contributed by atoms with Gasteiger partial charge in [-0.2, -0.15) is 0 Å². The fourth-order valence-electron chi connectivity index (χ4n) is 4.16. The summed E-state index contributed by atoms with van der Waals surface area (Å²) in [5.74, 6) is -0.0262. The topological polar surface area (TPSA) is 49.4 Å². The number of nitrogens with one attached hydrogen (secondary N) is 1. The summed E-state index contributed by atoms with van der Waals surface area (Å²) < 4.78 is 0. The summed E-state index contributed by atoms with van der Waals surface area (Å²) in [5.41, 5.74) is 1.27. The van der Waals surface area contributed by atoms with Gasteiger partial charge in [0.1, 0.15) is 6.04 Å². The molecule has 2 amide bonds. The first-order valence-electron chi connectivity index (χ1n) is 11.9. The minimum atomic E-state index is -0.351. The third kappa shape index (κ3) is 7.49. The van der Waals surface area contributed by atoms with Crippen molar-refractivity contribution in [2.45, 2.75) is 103 Å². The summed E-state index contributed by atoms with van der Waals surface area (Å²) in [7, 11) is 0. The Bertz CT molecular complexity index is 629. The number of hydrogen-bond acceptors (Lipinski definition) is 2. The smallest absolute Gasteiger partial charge is 0.256 e. The first-order chi connectivity index (χ1) is 14.2. The van der Waals surface area contributed by atoms with Gasteiger partial charge in [0, 0.05) is 6.54 Å². The van der Waals surface area contributed by atoms with E-state index < -0.39 is 0 Å². The molecular weight excluding hydrogens is 360 g/mol. The van der Waals surface area contributed by atoms with E-state index >= 15 is 0 Å². The summed E-state index contributed by atoms with van der Waals surface area (Å²) in [4.78, 5) is 28.0. The predicted molar refractivity (Wildman–Crippen MR) is 121 cm³/mol. The molecule has 4 heteroatoms. The second-order valence-electron chi connectivity index (χ2n) is 8.37. The van der Waals surface area contributed by atoms with Gasteiger partial charge in [0.15, 0.2) is 0 Å². The predicted octanol–water partition coefficient (Wildman–Crippen LogP) is 6.56. The highest BCUT2D eigenvalue weighted by molar-refractivity contribution is 6.09. The minimum absolute atomic E-state index is 0.00221. The van der Waals surface area contributed by atoms with Crippen molar-refractivity contribution in [2.24, 2.45) is 0 Å². The maximum atomic E-state index is 13.3. The van der Waals surface area contributed by atoms with Crippen molar-refractivity contribution in [1.29, 1.82) is 0 Å². The van der Waals surface area contributed by atoms with Crippen molar-refractivity contribution in [3.63, 3.8) is 0 Å². The number of para-hydroxylation sites is 1. The van der Waals surface area contributed by atoms with E-state index in [9.17, 15) is 9.59 Å². The Kier molecular flexibility index (Phi) is 10.8. The molecule has 1 aliphatic heterocycles. The molecule has 29 heavy (non-hydrogen) atoms. The molecular formula is C25H40N2O2. The summed E-state index contributed by atoms with van der Waals surface area (Å²) in [6.45, 7) is 5.10. The molecule has 1 atom stereocenters. The monoisotopic (exact) mass is 400 g/mol. The van der Waals surface area contributed by atoms with E-state index in [1.54, 1.807) is 0 Å². The van der Waals surface area contributed by atoms with Crippen molar-refractivity contribution < 1.29 is 9.59 Å². The van der Waals surface area contributed by atoms with Crippen LogP contribution in [0.3, 0.4) is 0 Å². The van der Waals surface area contributed by atoms with Gasteiger partial charge in [0.05, 0.1) is 11.3 Å². The molecule has 4 nitrogen and oxygen atoms in total. The number of fused-ring (bicyclic) bond motifs is 1. The van der Waals surface area contributed by atoms with Crippen molar-refractivity contribution in [2.75, 3.05) is 11.9 Å². The zero-order chi connectivity index (χ0) is 20.9. The molecule has 162 valence electrons. The molecule has 1 aromatic rings. The number of benzene rings is 1. The molecule has 0 spiro atoms. The third-order valence-corrected chi connectivity index (χ3v) is 5.94. The number of unbranched alkanes of at least 4 members (excludes halogenated alkanes) is 10. The van der Waals surface area contributed by atoms with Crippen molar-refractivity contribution in [3.8, 4) is 0 Å². The van der Waals surface area contributed by atoms with Gasteiger partial charge in [-0.1, -0.05) is 96.6 Å². The van der Waals surface area contributed by atoms with E-state index in [1.165, 1.54) is 51.4 Å². The van der Waals surface area contributed by atoms with E-state index in [2.05, 4.69) is 19.2 Å². The molecule has 0 unspecified atom stereocenters. The van der Waals surface area contributed by atoms with E-state index in [0.29, 0.717) is 17.8 Å². The van der Waals surface area contributed by atoms with Crippen LogP contribution in [0.2, 0.25) is 0 Å². The Morgan fingerprint density at radius 2 is 1.38 bits per heavy atom. The Morgan fingerprint density at radius 3 is 2.07 bits per heavy atom. The van der Waals surface area contributed by atoms with Gasteiger partial charge in [-0.15, -0.1) is 0 Å². The molecule has 0 saturated carbocycles. The lowest BCUT2D eigenvalue weighted by atomic mass is 10.0. The average Bonchev–Trinajstić information content (AvgIpc) is 2.82. The van der Waals surface area contributed by atoms with Crippen LogP contribution in [0.4, 0.5) is 5.69 Å². The zero-order valence-electron chi connectivity index (χ0n) is 18.5. The number of nitrogens with zero attached hydrogens (tertiary/aromatic N) is 1.